The first-order valence-corrected chi connectivity index (χ1v) is 6.05. The lowest BCUT2D eigenvalue weighted by Gasteiger charge is -2.32. The summed E-state index contributed by atoms with van der Waals surface area (Å²) in [5.74, 6) is 1.69. The summed E-state index contributed by atoms with van der Waals surface area (Å²) >= 11 is 0. The Hall–Kier alpha value is -1.42. The number of anilines is 1. The summed E-state index contributed by atoms with van der Waals surface area (Å²) in [6.07, 6.45) is 0. The monoisotopic (exact) mass is 252 g/mol. The van der Waals surface area contributed by atoms with Gasteiger partial charge in [-0.3, -0.25) is 0 Å². The number of nitrogens with zero attached hydrogens (tertiary/aromatic N) is 1. The van der Waals surface area contributed by atoms with E-state index in [1.807, 2.05) is 25.2 Å². The van der Waals surface area contributed by atoms with E-state index >= 15 is 0 Å². The fourth-order valence-electron chi connectivity index (χ4n) is 1.85. The Balaban J connectivity index is 2.99. The molecular formula is C14H24N2O2. The Kier molecular flexibility index (Phi) is 4.84. The van der Waals surface area contributed by atoms with Gasteiger partial charge in [0.05, 0.1) is 19.9 Å². The van der Waals surface area contributed by atoms with Crippen LogP contribution in [0.4, 0.5) is 5.69 Å². The molecule has 0 unspecified atom stereocenters. The highest BCUT2D eigenvalue weighted by atomic mass is 16.5. The Morgan fingerprint density at radius 2 is 1.89 bits per heavy atom. The van der Waals surface area contributed by atoms with E-state index in [1.165, 1.54) is 0 Å². The molecule has 0 heterocycles. The zero-order valence-electron chi connectivity index (χ0n) is 12.2. The van der Waals surface area contributed by atoms with E-state index in [1.54, 1.807) is 14.2 Å². The highest BCUT2D eigenvalue weighted by molar-refractivity contribution is 5.61. The summed E-state index contributed by atoms with van der Waals surface area (Å²) in [6.45, 7) is 5.19. The topological polar surface area (TPSA) is 33.7 Å². The first kappa shape index (κ1) is 14.6. The molecule has 0 fully saturated rings. The molecule has 1 rings (SSSR count). The van der Waals surface area contributed by atoms with Gasteiger partial charge in [0.2, 0.25) is 0 Å². The quantitative estimate of drug-likeness (QED) is 0.841. The molecule has 1 aromatic rings. The summed E-state index contributed by atoms with van der Waals surface area (Å²) in [4.78, 5) is 2.16. The van der Waals surface area contributed by atoms with Gasteiger partial charge in [-0.2, -0.15) is 0 Å². The van der Waals surface area contributed by atoms with Gasteiger partial charge in [-0.15, -0.1) is 0 Å². The van der Waals surface area contributed by atoms with Crippen molar-refractivity contribution in [3.8, 4) is 11.5 Å². The van der Waals surface area contributed by atoms with Crippen LogP contribution in [0.1, 0.15) is 13.8 Å². The predicted octanol–water partition coefficient (Wildman–Crippen LogP) is 2.14. The molecule has 0 aliphatic rings. The second-order valence-corrected chi connectivity index (χ2v) is 5.03. The minimum absolute atomic E-state index is 0.0306. The van der Waals surface area contributed by atoms with Crippen LogP contribution in [0, 0.1) is 0 Å². The standard InChI is InChI=1S/C14H24N2O2/c1-14(2,15-3)10-16(4)12-9-11(17-5)7-8-13(12)18-6/h7-9,15H,10H2,1-6H3. The molecule has 0 atom stereocenters. The van der Waals surface area contributed by atoms with Crippen LogP contribution in [0.15, 0.2) is 18.2 Å². The van der Waals surface area contributed by atoms with Gasteiger partial charge in [0.25, 0.3) is 0 Å². The molecule has 1 aromatic carbocycles. The Morgan fingerprint density at radius 1 is 1.22 bits per heavy atom. The van der Waals surface area contributed by atoms with E-state index < -0.39 is 0 Å². The largest absolute Gasteiger partial charge is 0.497 e. The third-order valence-corrected chi connectivity index (χ3v) is 3.11. The van der Waals surface area contributed by atoms with E-state index in [0.29, 0.717) is 0 Å². The molecule has 0 saturated carbocycles. The van der Waals surface area contributed by atoms with E-state index in [4.69, 9.17) is 9.47 Å². The Morgan fingerprint density at radius 3 is 2.39 bits per heavy atom. The first-order chi connectivity index (χ1) is 8.43. The van der Waals surface area contributed by atoms with Crippen LogP contribution in [-0.4, -0.2) is 40.4 Å². The van der Waals surface area contributed by atoms with Crippen LogP contribution in [0.25, 0.3) is 0 Å². The zero-order valence-corrected chi connectivity index (χ0v) is 12.2. The molecule has 0 amide bonds. The molecule has 18 heavy (non-hydrogen) atoms. The van der Waals surface area contributed by atoms with Crippen LogP contribution in [0.5, 0.6) is 11.5 Å². The highest BCUT2D eigenvalue weighted by Gasteiger charge is 2.19. The molecule has 0 spiro atoms. The van der Waals surface area contributed by atoms with Crippen molar-refractivity contribution >= 4 is 5.69 Å². The van der Waals surface area contributed by atoms with Crippen molar-refractivity contribution in [2.24, 2.45) is 0 Å². The van der Waals surface area contributed by atoms with Gasteiger partial charge in [0.15, 0.2) is 0 Å². The summed E-state index contributed by atoms with van der Waals surface area (Å²) in [5, 5.41) is 3.29. The van der Waals surface area contributed by atoms with Crippen molar-refractivity contribution in [2.75, 3.05) is 39.8 Å². The second kappa shape index (κ2) is 5.96. The van der Waals surface area contributed by atoms with E-state index in [9.17, 15) is 0 Å². The second-order valence-electron chi connectivity index (χ2n) is 5.03. The minimum atomic E-state index is 0.0306. The van der Waals surface area contributed by atoms with E-state index in [0.717, 1.165) is 23.7 Å². The highest BCUT2D eigenvalue weighted by Crippen LogP contribution is 2.32. The van der Waals surface area contributed by atoms with Crippen LogP contribution < -0.4 is 19.7 Å². The van der Waals surface area contributed by atoms with Crippen LogP contribution in [0.3, 0.4) is 0 Å². The van der Waals surface area contributed by atoms with Crippen LogP contribution in [0.2, 0.25) is 0 Å². The van der Waals surface area contributed by atoms with E-state index in [-0.39, 0.29) is 5.54 Å². The molecule has 0 radical (unpaired) electrons. The molecule has 0 aliphatic carbocycles. The lowest BCUT2D eigenvalue weighted by molar-refractivity contribution is 0.397. The van der Waals surface area contributed by atoms with E-state index in [2.05, 4.69) is 31.1 Å². The number of nitrogens with one attached hydrogen (secondary N) is 1. The van der Waals surface area contributed by atoms with Gasteiger partial charge >= 0.3 is 0 Å². The predicted molar refractivity (Wildman–Crippen MR) is 76.0 cm³/mol. The summed E-state index contributed by atoms with van der Waals surface area (Å²) in [7, 11) is 7.37. The molecule has 4 nitrogen and oxygen atoms in total. The normalized spacial score (nSPS) is 11.2. The van der Waals surface area contributed by atoms with Gasteiger partial charge in [-0.1, -0.05) is 0 Å². The molecule has 4 heteroatoms. The lowest BCUT2D eigenvalue weighted by Crippen LogP contribution is -2.46. The van der Waals surface area contributed by atoms with Crippen molar-refractivity contribution in [3.63, 3.8) is 0 Å². The van der Waals surface area contributed by atoms with Crippen molar-refractivity contribution in [3.05, 3.63) is 18.2 Å². The fourth-order valence-corrected chi connectivity index (χ4v) is 1.85. The lowest BCUT2D eigenvalue weighted by atomic mass is 10.1. The van der Waals surface area contributed by atoms with Crippen LogP contribution in [-0.2, 0) is 0 Å². The zero-order chi connectivity index (χ0) is 13.8. The van der Waals surface area contributed by atoms with Crippen molar-refractivity contribution in [1.82, 2.24) is 5.32 Å². The SMILES string of the molecule is CNC(C)(C)CN(C)c1cc(OC)ccc1OC. The molecule has 0 aromatic heterocycles. The van der Waals surface area contributed by atoms with Crippen molar-refractivity contribution in [2.45, 2.75) is 19.4 Å². The maximum absolute atomic E-state index is 5.40. The number of rotatable bonds is 6. The number of hydrogen-bond donors (Lipinski definition) is 1. The van der Waals surface area contributed by atoms with Gasteiger partial charge in [-0.25, -0.2) is 0 Å². The number of likely N-dealkylation sites (N-methyl/N-ethyl adjacent to an activating group) is 2. The molecule has 0 aliphatic heterocycles. The minimum Gasteiger partial charge on any atom is -0.497 e. The fraction of sp³-hybridized carbons (Fsp3) is 0.571. The van der Waals surface area contributed by atoms with Crippen molar-refractivity contribution < 1.29 is 9.47 Å². The molecule has 0 bridgehead atoms. The molecular weight excluding hydrogens is 228 g/mol. The summed E-state index contributed by atoms with van der Waals surface area (Å²) < 4.78 is 10.7. The van der Waals surface area contributed by atoms with Crippen molar-refractivity contribution in [1.29, 1.82) is 0 Å². The summed E-state index contributed by atoms with van der Waals surface area (Å²) in [5.41, 5.74) is 1.06. The summed E-state index contributed by atoms with van der Waals surface area (Å²) in [6, 6.07) is 5.82. The number of hydrogen-bond acceptors (Lipinski definition) is 4. The van der Waals surface area contributed by atoms with Crippen LogP contribution >= 0.6 is 0 Å². The maximum Gasteiger partial charge on any atom is 0.142 e. The molecule has 1 N–H and O–H groups in total. The number of methoxy groups -OCH3 is 2. The average molecular weight is 252 g/mol. The van der Waals surface area contributed by atoms with Gasteiger partial charge < -0.3 is 19.7 Å². The Bertz CT molecular complexity index is 391. The molecule has 0 saturated heterocycles. The third-order valence-electron chi connectivity index (χ3n) is 3.11. The third kappa shape index (κ3) is 3.53. The van der Waals surface area contributed by atoms with Gasteiger partial charge in [0, 0.05) is 25.2 Å². The van der Waals surface area contributed by atoms with Gasteiger partial charge in [0.1, 0.15) is 11.5 Å². The Labute approximate surface area is 110 Å². The number of ether oxygens (including phenoxy) is 2. The maximum atomic E-state index is 5.40. The average Bonchev–Trinajstić information content (AvgIpc) is 2.37. The smallest absolute Gasteiger partial charge is 0.142 e. The first-order valence-electron chi connectivity index (χ1n) is 6.05. The van der Waals surface area contributed by atoms with Gasteiger partial charge in [-0.05, 0) is 33.0 Å². The molecule has 102 valence electrons. The number of benzene rings is 1.